The van der Waals surface area contributed by atoms with Gasteiger partial charge >= 0.3 is 6.09 Å². The zero-order valence-corrected chi connectivity index (χ0v) is 23.2. The molecule has 1 spiro atoms. The predicted molar refractivity (Wildman–Crippen MR) is 142 cm³/mol. The fourth-order valence-corrected chi connectivity index (χ4v) is 6.73. The Balaban J connectivity index is 1.79. The van der Waals surface area contributed by atoms with Crippen LogP contribution in [0.1, 0.15) is 70.4 Å². The van der Waals surface area contributed by atoms with Gasteiger partial charge in [0.15, 0.2) is 0 Å². The molecule has 1 aliphatic carbocycles. The first-order valence-corrected chi connectivity index (χ1v) is 13.5. The highest BCUT2D eigenvalue weighted by Gasteiger charge is 2.70. The van der Waals surface area contributed by atoms with E-state index in [-0.39, 0.29) is 23.7 Å². The van der Waals surface area contributed by atoms with Crippen molar-refractivity contribution in [3.05, 3.63) is 63.1 Å². The van der Waals surface area contributed by atoms with E-state index < -0.39 is 29.1 Å². The molecule has 0 bridgehead atoms. The molecule has 2 aromatic carbocycles. The van der Waals surface area contributed by atoms with Crippen molar-refractivity contribution in [2.75, 3.05) is 4.90 Å². The topological polar surface area (TPSA) is 75.7 Å². The molecule has 2 aliphatic heterocycles. The van der Waals surface area contributed by atoms with Crippen LogP contribution in [0.2, 0.25) is 5.02 Å². The Morgan fingerprint density at radius 3 is 2.53 bits per heavy atom. The zero-order valence-electron chi connectivity index (χ0n) is 20.9. The Morgan fingerprint density at radius 2 is 1.92 bits per heavy atom. The number of nitrogens with one attached hydrogen (secondary N) is 1. The second kappa shape index (κ2) is 8.59. The Bertz CT molecular complexity index is 1270. The van der Waals surface area contributed by atoms with Gasteiger partial charge in [-0.1, -0.05) is 52.7 Å². The summed E-state index contributed by atoms with van der Waals surface area (Å²) in [4.78, 5) is 42.7. The van der Waals surface area contributed by atoms with Crippen LogP contribution in [0.5, 0.6) is 0 Å². The van der Waals surface area contributed by atoms with Gasteiger partial charge in [-0.3, -0.25) is 9.59 Å². The number of rotatable bonds is 3. The third-order valence-corrected chi connectivity index (χ3v) is 8.67. The number of hydrogen-bond donors (Lipinski definition) is 1. The molecule has 3 atom stereocenters. The van der Waals surface area contributed by atoms with Crippen LogP contribution in [0, 0.1) is 5.41 Å². The number of carbonyl (C=O) groups is 3. The molecular formula is C28H30BrClN2O4. The fourth-order valence-electron chi connectivity index (χ4n) is 6.18. The SMILES string of the molecule is CCC1([C@H]2NC(=O)C[C@@H](c3cccc(Cl)c3)[C@]23C(=O)N(C(=O)OC(C)(C)C)c2cc(Br)ccc23)CC1. The maximum Gasteiger partial charge on any atom is 0.421 e. The van der Waals surface area contributed by atoms with E-state index in [0.717, 1.165) is 34.9 Å². The van der Waals surface area contributed by atoms with Crippen LogP contribution in [-0.4, -0.2) is 29.6 Å². The Hall–Kier alpha value is -2.38. The average molecular weight is 574 g/mol. The summed E-state index contributed by atoms with van der Waals surface area (Å²) < 4.78 is 6.45. The molecule has 3 aliphatic rings. The summed E-state index contributed by atoms with van der Waals surface area (Å²) in [6, 6.07) is 12.5. The monoisotopic (exact) mass is 572 g/mol. The molecule has 1 N–H and O–H groups in total. The molecule has 2 aromatic rings. The van der Waals surface area contributed by atoms with Crippen molar-refractivity contribution >= 4 is 51.1 Å². The van der Waals surface area contributed by atoms with Crippen molar-refractivity contribution < 1.29 is 19.1 Å². The van der Waals surface area contributed by atoms with Crippen molar-refractivity contribution in [3.8, 4) is 0 Å². The quantitative estimate of drug-likeness (QED) is 0.456. The maximum absolute atomic E-state index is 14.8. The van der Waals surface area contributed by atoms with Gasteiger partial charge in [0.25, 0.3) is 0 Å². The number of carbonyl (C=O) groups excluding carboxylic acids is 3. The lowest BCUT2D eigenvalue weighted by Gasteiger charge is -2.49. The normalized spacial score (nSPS) is 26.6. The number of nitrogens with zero attached hydrogens (tertiary/aromatic N) is 1. The summed E-state index contributed by atoms with van der Waals surface area (Å²) in [7, 11) is 0. The zero-order chi connectivity index (χ0) is 26.0. The van der Waals surface area contributed by atoms with Crippen LogP contribution < -0.4 is 10.2 Å². The van der Waals surface area contributed by atoms with Gasteiger partial charge in [-0.2, -0.15) is 0 Å². The number of fused-ring (bicyclic) bond motifs is 2. The number of ether oxygens (including phenoxy) is 1. The number of benzene rings is 2. The van der Waals surface area contributed by atoms with Crippen LogP contribution in [0.4, 0.5) is 10.5 Å². The highest BCUT2D eigenvalue weighted by Crippen LogP contribution is 2.64. The second-order valence-electron chi connectivity index (χ2n) is 11.2. The van der Waals surface area contributed by atoms with Crippen molar-refractivity contribution in [1.29, 1.82) is 0 Å². The van der Waals surface area contributed by atoms with Crippen LogP contribution in [0.25, 0.3) is 0 Å². The van der Waals surface area contributed by atoms with Crippen LogP contribution in [0.15, 0.2) is 46.9 Å². The molecule has 2 heterocycles. The first kappa shape index (κ1) is 25.3. The van der Waals surface area contributed by atoms with Gasteiger partial charge in [-0.05, 0) is 80.8 Å². The first-order chi connectivity index (χ1) is 16.9. The lowest BCUT2D eigenvalue weighted by Crippen LogP contribution is -2.66. The van der Waals surface area contributed by atoms with Crippen LogP contribution >= 0.6 is 27.5 Å². The second-order valence-corrected chi connectivity index (χ2v) is 12.5. The molecule has 2 fully saturated rings. The molecule has 0 aromatic heterocycles. The summed E-state index contributed by atoms with van der Waals surface area (Å²) in [6.07, 6.45) is 2.02. The number of anilines is 1. The van der Waals surface area contributed by atoms with Crippen molar-refractivity contribution in [1.82, 2.24) is 5.32 Å². The molecular weight excluding hydrogens is 544 g/mol. The van der Waals surface area contributed by atoms with Gasteiger partial charge in [0.2, 0.25) is 11.8 Å². The highest BCUT2D eigenvalue weighted by atomic mass is 79.9. The van der Waals surface area contributed by atoms with Gasteiger partial charge < -0.3 is 10.1 Å². The van der Waals surface area contributed by atoms with Crippen LogP contribution in [-0.2, 0) is 19.7 Å². The Kier molecular flexibility index (Phi) is 6.03. The minimum atomic E-state index is -1.18. The van der Waals surface area contributed by atoms with E-state index in [9.17, 15) is 14.4 Å². The summed E-state index contributed by atoms with van der Waals surface area (Å²) in [5, 5.41) is 3.76. The average Bonchev–Trinajstić information content (AvgIpc) is 3.55. The largest absolute Gasteiger partial charge is 0.443 e. The molecule has 1 saturated carbocycles. The van der Waals surface area contributed by atoms with Gasteiger partial charge in [0, 0.05) is 21.8 Å². The molecule has 8 heteroatoms. The Morgan fingerprint density at radius 1 is 1.19 bits per heavy atom. The summed E-state index contributed by atoms with van der Waals surface area (Å²) in [5.41, 5.74) is -0.163. The van der Waals surface area contributed by atoms with E-state index in [4.69, 9.17) is 16.3 Å². The van der Waals surface area contributed by atoms with E-state index in [0.29, 0.717) is 10.7 Å². The molecule has 1 saturated heterocycles. The molecule has 3 amide bonds. The number of halogens is 2. The molecule has 6 nitrogen and oxygen atoms in total. The fraction of sp³-hybridized carbons (Fsp3) is 0.464. The van der Waals surface area contributed by atoms with Gasteiger partial charge in [-0.25, -0.2) is 9.69 Å². The van der Waals surface area contributed by atoms with E-state index in [2.05, 4.69) is 28.2 Å². The smallest absolute Gasteiger partial charge is 0.421 e. The number of amides is 3. The predicted octanol–water partition coefficient (Wildman–Crippen LogP) is 6.48. The summed E-state index contributed by atoms with van der Waals surface area (Å²) in [5.74, 6) is -0.962. The molecule has 0 unspecified atom stereocenters. The molecule has 5 rings (SSSR count). The van der Waals surface area contributed by atoms with E-state index in [1.807, 2.05) is 30.3 Å². The van der Waals surface area contributed by atoms with Crippen molar-refractivity contribution in [3.63, 3.8) is 0 Å². The van der Waals surface area contributed by atoms with E-state index >= 15 is 0 Å². The Labute approximate surface area is 224 Å². The molecule has 36 heavy (non-hydrogen) atoms. The maximum atomic E-state index is 14.8. The molecule has 190 valence electrons. The standard InChI is InChI=1S/C28H30BrClN2O4/c1-5-27(11-12-27)23-28(20(15-22(33)31-23)16-7-6-8-18(30)13-16)19-10-9-17(29)14-21(19)32(24(28)34)25(35)36-26(2,3)4/h6-10,13-14,20,23H,5,11-12,15H2,1-4H3,(H,31,33)/t20-,23+,28-/m0/s1. The third kappa shape index (κ3) is 3.86. The van der Waals surface area contributed by atoms with Crippen LogP contribution in [0.3, 0.4) is 0 Å². The summed E-state index contributed by atoms with van der Waals surface area (Å²) >= 11 is 9.91. The van der Waals surface area contributed by atoms with Gasteiger partial charge in [0.1, 0.15) is 11.0 Å². The number of piperidine rings is 1. The first-order valence-electron chi connectivity index (χ1n) is 12.4. The third-order valence-electron chi connectivity index (χ3n) is 7.94. The van der Waals surface area contributed by atoms with Gasteiger partial charge in [0.05, 0.1) is 11.7 Å². The van der Waals surface area contributed by atoms with Crippen molar-refractivity contribution in [2.45, 2.75) is 76.4 Å². The van der Waals surface area contributed by atoms with Crippen molar-refractivity contribution in [2.24, 2.45) is 5.41 Å². The van der Waals surface area contributed by atoms with Gasteiger partial charge in [-0.15, -0.1) is 0 Å². The minimum Gasteiger partial charge on any atom is -0.443 e. The molecule has 0 radical (unpaired) electrons. The number of hydrogen-bond acceptors (Lipinski definition) is 4. The summed E-state index contributed by atoms with van der Waals surface area (Å²) in [6.45, 7) is 7.43. The van der Waals surface area contributed by atoms with E-state index in [1.54, 1.807) is 32.9 Å². The minimum absolute atomic E-state index is 0.0995. The number of imide groups is 1. The highest BCUT2D eigenvalue weighted by molar-refractivity contribution is 9.10. The lowest BCUT2D eigenvalue weighted by atomic mass is 9.57. The lowest BCUT2D eigenvalue weighted by molar-refractivity contribution is -0.134. The van der Waals surface area contributed by atoms with E-state index in [1.165, 1.54) is 4.90 Å².